The Hall–Kier alpha value is -1.17. The molecule has 28 heavy (non-hydrogen) atoms. The van der Waals surface area contributed by atoms with Gasteiger partial charge in [-0.2, -0.15) is 0 Å². The van der Waals surface area contributed by atoms with Gasteiger partial charge in [-0.1, -0.05) is 45.6 Å². The van der Waals surface area contributed by atoms with Crippen LogP contribution in [0.2, 0.25) is 0 Å². The van der Waals surface area contributed by atoms with E-state index >= 15 is 0 Å². The molecule has 0 amide bonds. The highest BCUT2D eigenvalue weighted by atomic mass is 35.5. The smallest absolute Gasteiger partial charge is 0.321 e. The normalized spacial score (nSPS) is 47.8. The van der Waals surface area contributed by atoms with Gasteiger partial charge >= 0.3 is 5.97 Å². The van der Waals surface area contributed by atoms with Gasteiger partial charge in [-0.3, -0.25) is 9.59 Å². The van der Waals surface area contributed by atoms with Crippen molar-refractivity contribution in [3.63, 3.8) is 0 Å². The average molecular weight is 411 g/mol. The number of hydrogen-bond acceptors (Lipinski definition) is 5. The maximum atomic E-state index is 13.3. The summed E-state index contributed by atoms with van der Waals surface area (Å²) in [6.07, 6.45) is 1.78. The van der Waals surface area contributed by atoms with Gasteiger partial charge in [0.1, 0.15) is 23.7 Å². The lowest BCUT2D eigenvalue weighted by molar-refractivity contribution is -0.234. The van der Waals surface area contributed by atoms with E-state index in [9.17, 15) is 19.8 Å². The molecule has 2 N–H and O–H groups in total. The van der Waals surface area contributed by atoms with E-state index in [4.69, 9.17) is 16.3 Å². The van der Waals surface area contributed by atoms with Gasteiger partial charge in [0.05, 0.1) is 0 Å². The third kappa shape index (κ3) is 2.45. The number of ketones is 1. The van der Waals surface area contributed by atoms with Gasteiger partial charge in [0, 0.05) is 10.8 Å². The highest BCUT2D eigenvalue weighted by Crippen LogP contribution is 2.70. The van der Waals surface area contributed by atoms with Crippen molar-refractivity contribution in [1.29, 1.82) is 0 Å². The molecule has 0 aromatic heterocycles. The molecular weight excluding hydrogens is 380 g/mol. The third-order valence-corrected chi connectivity index (χ3v) is 8.72. The second-order valence-electron chi connectivity index (χ2n) is 9.20. The van der Waals surface area contributed by atoms with E-state index in [0.717, 1.165) is 12.0 Å². The van der Waals surface area contributed by atoms with Crippen molar-refractivity contribution in [2.45, 2.75) is 64.3 Å². The van der Waals surface area contributed by atoms with Crippen LogP contribution < -0.4 is 0 Å². The Kier molecular flexibility index (Phi) is 5.35. The summed E-state index contributed by atoms with van der Waals surface area (Å²) in [5, 5.41) is 22.7. The van der Waals surface area contributed by atoms with Crippen LogP contribution in [0.3, 0.4) is 0 Å². The highest BCUT2D eigenvalue weighted by molar-refractivity contribution is 6.26. The SMILES string of the molecule is C=CC(=C)[C@@H]1C[C@@H](OC(=O)CCl)[C@]2(C)C(C)CC[C@]3(C[C@H](O)C(=O)C32O)[C@H]1C. The van der Waals surface area contributed by atoms with Gasteiger partial charge in [0.25, 0.3) is 0 Å². The van der Waals surface area contributed by atoms with Crippen LogP contribution >= 0.6 is 11.6 Å². The van der Waals surface area contributed by atoms with Gasteiger partial charge in [-0.25, -0.2) is 0 Å². The Bertz CT molecular complexity index is 720. The summed E-state index contributed by atoms with van der Waals surface area (Å²) in [6.45, 7) is 13.8. The molecule has 0 aliphatic heterocycles. The van der Waals surface area contributed by atoms with E-state index in [1.807, 2.05) is 20.8 Å². The number of carbonyl (C=O) groups is 2. The maximum absolute atomic E-state index is 13.3. The molecule has 0 heterocycles. The first-order valence-electron chi connectivity index (χ1n) is 10.0. The van der Waals surface area contributed by atoms with Gasteiger partial charge < -0.3 is 14.9 Å². The molecule has 3 aliphatic rings. The fraction of sp³-hybridized carbons (Fsp3) is 0.727. The molecule has 2 bridgehead atoms. The number of rotatable bonds is 4. The lowest BCUT2D eigenvalue weighted by Gasteiger charge is -2.60. The van der Waals surface area contributed by atoms with Crippen LogP contribution in [0.4, 0.5) is 0 Å². The molecule has 2 unspecified atom stereocenters. The van der Waals surface area contributed by atoms with E-state index in [2.05, 4.69) is 13.2 Å². The monoisotopic (exact) mass is 410 g/mol. The number of carbonyl (C=O) groups excluding carboxylic acids is 2. The van der Waals surface area contributed by atoms with Crippen molar-refractivity contribution < 1.29 is 24.5 Å². The predicted octanol–water partition coefficient (Wildman–Crippen LogP) is 3.02. The number of Topliss-reactive ketones (excluding diaryl/α,β-unsaturated/α-hetero) is 1. The number of aliphatic hydroxyl groups excluding tert-OH is 1. The molecule has 156 valence electrons. The van der Waals surface area contributed by atoms with E-state index in [-0.39, 0.29) is 30.1 Å². The lowest BCUT2D eigenvalue weighted by atomic mass is 9.46. The zero-order chi connectivity index (χ0) is 21.1. The highest BCUT2D eigenvalue weighted by Gasteiger charge is 2.78. The van der Waals surface area contributed by atoms with Crippen LogP contribution in [-0.2, 0) is 14.3 Å². The summed E-state index contributed by atoms with van der Waals surface area (Å²) >= 11 is 5.70. The molecule has 3 saturated carbocycles. The zero-order valence-corrected chi connectivity index (χ0v) is 17.7. The van der Waals surface area contributed by atoms with Gasteiger partial charge in [-0.15, -0.1) is 11.6 Å². The molecule has 0 spiro atoms. The minimum absolute atomic E-state index is 0.0871. The topological polar surface area (TPSA) is 83.8 Å². The fourth-order valence-corrected chi connectivity index (χ4v) is 6.69. The first-order valence-corrected chi connectivity index (χ1v) is 10.6. The first-order chi connectivity index (χ1) is 13.0. The number of ether oxygens (including phenoxy) is 1. The van der Waals surface area contributed by atoms with Crippen LogP contribution in [0.5, 0.6) is 0 Å². The number of alkyl halides is 1. The molecule has 8 atom stereocenters. The molecule has 3 aliphatic carbocycles. The average Bonchev–Trinajstić information content (AvgIpc) is 2.87. The molecule has 0 aromatic rings. The van der Waals surface area contributed by atoms with Gasteiger partial charge in [0.2, 0.25) is 0 Å². The van der Waals surface area contributed by atoms with Crippen molar-refractivity contribution in [3.8, 4) is 0 Å². The van der Waals surface area contributed by atoms with Crippen LogP contribution in [0.15, 0.2) is 24.8 Å². The quantitative estimate of drug-likeness (QED) is 0.423. The first kappa shape index (κ1) is 21.5. The van der Waals surface area contributed by atoms with Crippen LogP contribution in [-0.4, -0.2) is 45.7 Å². The van der Waals surface area contributed by atoms with Crippen molar-refractivity contribution in [2.75, 3.05) is 5.88 Å². The Labute approximate surface area is 171 Å². The zero-order valence-electron chi connectivity index (χ0n) is 16.9. The minimum atomic E-state index is -1.79. The van der Waals surface area contributed by atoms with Crippen molar-refractivity contribution in [1.82, 2.24) is 0 Å². The van der Waals surface area contributed by atoms with Gasteiger partial charge in [-0.05, 0) is 43.4 Å². The van der Waals surface area contributed by atoms with Crippen LogP contribution in [0, 0.1) is 28.6 Å². The summed E-state index contributed by atoms with van der Waals surface area (Å²) in [4.78, 5) is 25.4. The molecule has 5 nitrogen and oxygen atoms in total. The summed E-state index contributed by atoms with van der Waals surface area (Å²) in [7, 11) is 0. The lowest BCUT2D eigenvalue weighted by Crippen LogP contribution is -2.69. The predicted molar refractivity (Wildman–Crippen MR) is 107 cm³/mol. The molecule has 6 heteroatoms. The maximum Gasteiger partial charge on any atom is 0.321 e. The molecule has 0 radical (unpaired) electrons. The second-order valence-corrected chi connectivity index (χ2v) is 9.46. The van der Waals surface area contributed by atoms with Gasteiger partial charge in [0.15, 0.2) is 5.78 Å². The minimum Gasteiger partial charge on any atom is -0.461 e. The van der Waals surface area contributed by atoms with E-state index in [1.165, 1.54) is 0 Å². The fourth-order valence-electron chi connectivity index (χ4n) is 6.63. The molecular formula is C22H31ClO5. The Morgan fingerprint density at radius 3 is 2.64 bits per heavy atom. The Morgan fingerprint density at radius 2 is 2.07 bits per heavy atom. The Morgan fingerprint density at radius 1 is 1.43 bits per heavy atom. The number of hydrogen-bond donors (Lipinski definition) is 2. The van der Waals surface area contributed by atoms with E-state index in [1.54, 1.807) is 6.08 Å². The second kappa shape index (κ2) is 6.96. The van der Waals surface area contributed by atoms with Crippen molar-refractivity contribution in [3.05, 3.63) is 24.8 Å². The van der Waals surface area contributed by atoms with Crippen LogP contribution in [0.1, 0.15) is 46.5 Å². The summed E-state index contributed by atoms with van der Waals surface area (Å²) in [5.74, 6) is -1.80. The largest absolute Gasteiger partial charge is 0.461 e. The number of esters is 1. The number of halogens is 1. The summed E-state index contributed by atoms with van der Waals surface area (Å²) < 4.78 is 5.77. The number of aliphatic hydroxyl groups is 2. The standard InChI is InChI=1S/C22H31ClO5/c1-6-12(2)15-9-17(28-18(25)11-23)20(5)13(3)7-8-21(14(15)4)10-16(24)19(26)22(20,21)27/h6,13-17,24,27H,1-2,7-11H2,3-5H3/t13?,14-,15-,16-,17+,20-,21-,22?/m0/s1. The van der Waals surface area contributed by atoms with Crippen molar-refractivity contribution >= 4 is 23.4 Å². The van der Waals surface area contributed by atoms with Crippen LogP contribution in [0.25, 0.3) is 0 Å². The van der Waals surface area contributed by atoms with E-state index < -0.39 is 40.4 Å². The molecule has 0 aromatic carbocycles. The van der Waals surface area contributed by atoms with E-state index in [0.29, 0.717) is 12.8 Å². The number of allylic oxidation sites excluding steroid dienone is 2. The molecule has 0 saturated heterocycles. The van der Waals surface area contributed by atoms with Crippen molar-refractivity contribution in [2.24, 2.45) is 28.6 Å². The summed E-state index contributed by atoms with van der Waals surface area (Å²) in [5.41, 5.74) is -2.84. The summed E-state index contributed by atoms with van der Waals surface area (Å²) in [6, 6.07) is 0. The molecule has 3 rings (SSSR count). The molecule has 3 fully saturated rings. The third-order valence-electron chi connectivity index (χ3n) is 8.50. The Balaban J connectivity index is 2.28.